The van der Waals surface area contributed by atoms with Gasteiger partial charge in [0.05, 0.1) is 5.75 Å². The van der Waals surface area contributed by atoms with Gasteiger partial charge in [-0.25, -0.2) is 8.42 Å². The van der Waals surface area contributed by atoms with E-state index in [4.69, 9.17) is 0 Å². The molecule has 2 fully saturated rings. The quantitative estimate of drug-likeness (QED) is 0.599. The molecule has 3 N–H and O–H groups in total. The zero-order valence-electron chi connectivity index (χ0n) is 16.1. The molecule has 9 nitrogen and oxygen atoms in total. The number of sulfonamides is 1. The Labute approximate surface area is 178 Å². The minimum absolute atomic E-state index is 0.0533. The lowest BCUT2D eigenvalue weighted by Gasteiger charge is -2.36. The molecule has 2 saturated carbocycles. The highest BCUT2D eigenvalue weighted by atomic mass is 32.2. The summed E-state index contributed by atoms with van der Waals surface area (Å²) in [5.74, 6) is -0.568. The standard InChI is InChI=1S/C18H21N3O6S3/c1-29(24,25)5-4-10-7-28-18-15(10)30(26,27)21-16(20-18)12-14(22)11-8-2-3-9(6-8)13(11)19-17(12)23/h7-9,11,13,22H,2-6H2,1H3,(H,19,23)(H,20,21)/t8-,9+,11?,13?/m0/s1. The van der Waals surface area contributed by atoms with Crippen LogP contribution in [0, 0.1) is 17.8 Å². The van der Waals surface area contributed by atoms with Gasteiger partial charge >= 0.3 is 0 Å². The number of sulfone groups is 1. The maximum absolute atomic E-state index is 12.9. The first-order valence-electron chi connectivity index (χ1n) is 9.69. The lowest BCUT2D eigenvalue weighted by atomic mass is 9.79. The van der Waals surface area contributed by atoms with Crippen molar-refractivity contribution < 1.29 is 26.7 Å². The molecule has 0 radical (unpaired) electrons. The topological polar surface area (TPSA) is 142 Å². The number of hydrogen-bond acceptors (Lipinski definition) is 8. The molecule has 2 unspecified atom stereocenters. The number of nitrogens with one attached hydrogen (secondary N) is 2. The van der Waals surface area contributed by atoms with E-state index in [0.29, 0.717) is 11.5 Å². The number of anilines is 1. The molecule has 1 amide bonds. The Morgan fingerprint density at radius 2 is 2.03 bits per heavy atom. The van der Waals surface area contributed by atoms with Gasteiger partial charge in [0.2, 0.25) is 0 Å². The first-order chi connectivity index (χ1) is 14.0. The summed E-state index contributed by atoms with van der Waals surface area (Å²) >= 11 is 1.10. The van der Waals surface area contributed by atoms with Crippen molar-refractivity contribution in [2.75, 3.05) is 17.3 Å². The molecule has 2 aliphatic carbocycles. The number of nitrogens with zero attached hydrogens (tertiary/aromatic N) is 1. The summed E-state index contributed by atoms with van der Waals surface area (Å²) in [7, 11) is -7.42. The molecule has 1 aromatic heterocycles. The van der Waals surface area contributed by atoms with Gasteiger partial charge in [0.15, 0.2) is 5.84 Å². The first-order valence-corrected chi connectivity index (χ1v) is 14.1. The number of aliphatic hydroxyl groups excluding tert-OH is 1. The van der Waals surface area contributed by atoms with Crippen LogP contribution < -0.4 is 10.6 Å². The molecule has 162 valence electrons. The average Bonchev–Trinajstić information content (AvgIpc) is 3.33. The molecule has 3 heterocycles. The van der Waals surface area contributed by atoms with E-state index in [0.717, 1.165) is 36.9 Å². The third-order valence-electron chi connectivity index (χ3n) is 6.51. The molecule has 2 bridgehead atoms. The molecule has 1 aromatic rings. The van der Waals surface area contributed by atoms with E-state index in [9.17, 15) is 26.7 Å². The van der Waals surface area contributed by atoms with Crippen LogP contribution in [0.2, 0.25) is 0 Å². The number of carbonyl (C=O) groups is 1. The zero-order valence-corrected chi connectivity index (χ0v) is 18.5. The number of thiophene rings is 1. The SMILES string of the molecule is CS(=O)(=O)CCc1csc2c1S(=O)(=O)N=C(C1=C(O)C3C(NC1=O)[C@@H]1CC[C@H]3C1)N2. The molecular weight excluding hydrogens is 450 g/mol. The number of amidine groups is 1. The number of fused-ring (bicyclic) bond motifs is 6. The first kappa shape index (κ1) is 20.0. The van der Waals surface area contributed by atoms with Crippen LogP contribution in [0.15, 0.2) is 26.0 Å². The van der Waals surface area contributed by atoms with Gasteiger partial charge < -0.3 is 15.7 Å². The normalized spacial score (nSPS) is 31.6. The highest BCUT2D eigenvalue weighted by Crippen LogP contribution is 2.52. The van der Waals surface area contributed by atoms with E-state index in [1.807, 2.05) is 0 Å². The third-order valence-corrected chi connectivity index (χ3v) is 9.93. The molecule has 4 aliphatic rings. The molecule has 0 aromatic carbocycles. The number of aryl methyl sites for hydroxylation is 1. The summed E-state index contributed by atoms with van der Waals surface area (Å²) in [6.45, 7) is 0. The van der Waals surface area contributed by atoms with E-state index in [-0.39, 0.29) is 57.1 Å². The number of hydrogen-bond donors (Lipinski definition) is 3. The van der Waals surface area contributed by atoms with Crippen molar-refractivity contribution >= 4 is 47.9 Å². The van der Waals surface area contributed by atoms with Crippen molar-refractivity contribution in [3.05, 3.63) is 22.3 Å². The van der Waals surface area contributed by atoms with Crippen LogP contribution in [0.1, 0.15) is 24.8 Å². The highest BCUT2D eigenvalue weighted by Gasteiger charge is 2.54. The zero-order chi connectivity index (χ0) is 21.4. The van der Waals surface area contributed by atoms with Crippen LogP contribution in [-0.2, 0) is 31.1 Å². The van der Waals surface area contributed by atoms with Crippen LogP contribution >= 0.6 is 11.3 Å². The van der Waals surface area contributed by atoms with E-state index in [1.165, 1.54) is 0 Å². The Morgan fingerprint density at radius 3 is 2.77 bits per heavy atom. The van der Waals surface area contributed by atoms with E-state index < -0.39 is 25.8 Å². The van der Waals surface area contributed by atoms with Crippen molar-refractivity contribution in [1.82, 2.24) is 5.32 Å². The van der Waals surface area contributed by atoms with Gasteiger partial charge in [-0.05, 0) is 48.5 Å². The molecule has 4 atom stereocenters. The van der Waals surface area contributed by atoms with Crippen LogP contribution in [0.5, 0.6) is 0 Å². The highest BCUT2D eigenvalue weighted by molar-refractivity contribution is 7.91. The van der Waals surface area contributed by atoms with Gasteiger partial charge in [0.1, 0.15) is 31.1 Å². The van der Waals surface area contributed by atoms with E-state index >= 15 is 0 Å². The monoisotopic (exact) mass is 471 g/mol. The second-order valence-electron chi connectivity index (χ2n) is 8.46. The Morgan fingerprint density at radius 1 is 1.30 bits per heavy atom. The summed E-state index contributed by atoms with van der Waals surface area (Å²) in [4.78, 5) is 12.7. The summed E-state index contributed by atoms with van der Waals surface area (Å²) in [6, 6.07) is -0.110. The Bertz CT molecular complexity index is 1230. The van der Waals surface area contributed by atoms with Gasteiger partial charge in [-0.15, -0.1) is 15.7 Å². The van der Waals surface area contributed by atoms with Gasteiger partial charge in [-0.2, -0.15) is 8.42 Å². The average molecular weight is 472 g/mol. The predicted octanol–water partition coefficient (Wildman–Crippen LogP) is 1.20. The fraction of sp³-hybridized carbons (Fsp3) is 0.556. The molecule has 0 saturated heterocycles. The van der Waals surface area contributed by atoms with Crippen molar-refractivity contribution in [3.63, 3.8) is 0 Å². The van der Waals surface area contributed by atoms with Crippen LogP contribution in [-0.4, -0.2) is 51.7 Å². The number of amides is 1. The Hall–Kier alpha value is -1.92. The third kappa shape index (κ3) is 3.07. The largest absolute Gasteiger partial charge is 0.511 e. The predicted molar refractivity (Wildman–Crippen MR) is 112 cm³/mol. The Kier molecular flexibility index (Phi) is 4.36. The minimum Gasteiger partial charge on any atom is -0.511 e. The molecule has 5 rings (SSSR count). The maximum atomic E-state index is 12.9. The fourth-order valence-electron chi connectivity index (χ4n) is 5.25. The van der Waals surface area contributed by atoms with Crippen LogP contribution in [0.4, 0.5) is 5.00 Å². The molecule has 30 heavy (non-hydrogen) atoms. The second kappa shape index (κ2) is 6.54. The number of carbonyl (C=O) groups excluding carboxylic acids is 1. The summed E-state index contributed by atoms with van der Waals surface area (Å²) in [6.07, 6.45) is 4.10. The fourth-order valence-corrected chi connectivity index (χ4v) is 8.51. The summed E-state index contributed by atoms with van der Waals surface area (Å²) in [5, 5.41) is 18.6. The van der Waals surface area contributed by atoms with Crippen LogP contribution in [0.3, 0.4) is 0 Å². The van der Waals surface area contributed by atoms with Gasteiger partial charge in [-0.1, -0.05) is 0 Å². The Balaban J connectivity index is 1.52. The number of rotatable bonds is 4. The van der Waals surface area contributed by atoms with Crippen LogP contribution in [0.25, 0.3) is 0 Å². The van der Waals surface area contributed by atoms with Crippen molar-refractivity contribution in [1.29, 1.82) is 0 Å². The smallest absolute Gasteiger partial charge is 0.287 e. The van der Waals surface area contributed by atoms with Gasteiger partial charge in [-0.3, -0.25) is 4.79 Å². The second-order valence-corrected chi connectivity index (χ2v) is 13.1. The summed E-state index contributed by atoms with van der Waals surface area (Å²) in [5.41, 5.74) is 0.249. The van der Waals surface area contributed by atoms with E-state index in [2.05, 4.69) is 15.0 Å². The molecule has 2 aliphatic heterocycles. The van der Waals surface area contributed by atoms with Gasteiger partial charge in [0, 0.05) is 18.2 Å². The summed E-state index contributed by atoms with van der Waals surface area (Å²) < 4.78 is 52.5. The van der Waals surface area contributed by atoms with Gasteiger partial charge in [0.25, 0.3) is 15.9 Å². The maximum Gasteiger partial charge on any atom is 0.287 e. The van der Waals surface area contributed by atoms with Crippen molar-refractivity contribution in [3.8, 4) is 0 Å². The molecular formula is C18H21N3O6S3. The van der Waals surface area contributed by atoms with Crippen molar-refractivity contribution in [2.45, 2.75) is 36.6 Å². The molecule has 0 spiro atoms. The van der Waals surface area contributed by atoms with Crippen molar-refractivity contribution in [2.24, 2.45) is 22.2 Å². The number of aliphatic hydroxyl groups is 1. The minimum atomic E-state index is -4.16. The lowest BCUT2D eigenvalue weighted by Crippen LogP contribution is -2.51. The lowest BCUT2D eigenvalue weighted by molar-refractivity contribution is -0.119. The molecule has 12 heteroatoms. The van der Waals surface area contributed by atoms with E-state index in [1.54, 1.807) is 5.38 Å².